The topological polar surface area (TPSA) is 45.6 Å². The van der Waals surface area contributed by atoms with Crippen LogP contribution in [0.4, 0.5) is 0 Å². The Morgan fingerprint density at radius 3 is 2.46 bits per heavy atom. The molecule has 3 rings (SSSR count). The van der Waals surface area contributed by atoms with Crippen LogP contribution < -0.4 is 0 Å². The van der Waals surface area contributed by atoms with Crippen molar-refractivity contribution in [2.75, 3.05) is 13.1 Å². The molecule has 150 valence electrons. The lowest BCUT2D eigenvalue weighted by atomic mass is 10.1. The molecule has 1 fully saturated rings. The van der Waals surface area contributed by atoms with E-state index < -0.39 is 0 Å². The fourth-order valence-electron chi connectivity index (χ4n) is 3.36. The van der Waals surface area contributed by atoms with Crippen molar-refractivity contribution in [3.8, 4) is 0 Å². The Labute approximate surface area is 171 Å². The van der Waals surface area contributed by atoms with Crippen LogP contribution in [-0.2, 0) is 18.4 Å². The monoisotopic (exact) mass is 401 g/mol. The number of benzene rings is 1. The molecule has 1 heterocycles. The summed E-state index contributed by atoms with van der Waals surface area (Å²) in [5.41, 5.74) is 1.53. The summed E-state index contributed by atoms with van der Waals surface area (Å²) in [6.45, 7) is 5.24. The molecule has 5 nitrogen and oxygen atoms in total. The number of carbonyl (C=O) groups is 2. The Balaban J connectivity index is 1.77. The van der Waals surface area contributed by atoms with Crippen LogP contribution in [0.5, 0.6) is 0 Å². The van der Waals surface area contributed by atoms with Gasteiger partial charge in [0.15, 0.2) is 0 Å². The molecule has 0 saturated heterocycles. The predicted octanol–water partition coefficient (Wildman–Crippen LogP) is 3.97. The summed E-state index contributed by atoms with van der Waals surface area (Å²) in [7, 11) is 1.98. The highest BCUT2D eigenvalue weighted by Gasteiger charge is 2.34. The molecule has 2 amide bonds. The van der Waals surface area contributed by atoms with Crippen molar-refractivity contribution in [2.45, 2.75) is 39.3 Å². The van der Waals surface area contributed by atoms with E-state index in [2.05, 4.69) is 0 Å². The van der Waals surface area contributed by atoms with Gasteiger partial charge in [0.2, 0.25) is 5.91 Å². The number of hydrogen-bond acceptors (Lipinski definition) is 2. The zero-order valence-electron chi connectivity index (χ0n) is 16.8. The second-order valence-corrected chi connectivity index (χ2v) is 8.33. The lowest BCUT2D eigenvalue weighted by Gasteiger charge is -2.29. The van der Waals surface area contributed by atoms with E-state index in [1.54, 1.807) is 29.2 Å². The van der Waals surface area contributed by atoms with Crippen LogP contribution in [0, 0.1) is 5.92 Å². The van der Waals surface area contributed by atoms with E-state index in [0.717, 1.165) is 18.5 Å². The van der Waals surface area contributed by atoms with Crippen LogP contribution in [-0.4, -0.2) is 45.3 Å². The highest BCUT2D eigenvalue weighted by Crippen LogP contribution is 2.29. The van der Waals surface area contributed by atoms with Crippen LogP contribution in [0.25, 0.3) is 0 Å². The molecule has 2 aromatic rings. The third kappa shape index (κ3) is 4.96. The smallest absolute Gasteiger partial charge is 0.255 e. The summed E-state index contributed by atoms with van der Waals surface area (Å²) in [6.07, 6.45) is 4.04. The summed E-state index contributed by atoms with van der Waals surface area (Å²) >= 11 is 6.23. The third-order valence-electron chi connectivity index (χ3n) is 4.99. The van der Waals surface area contributed by atoms with Gasteiger partial charge in [-0.2, -0.15) is 0 Å². The van der Waals surface area contributed by atoms with E-state index in [-0.39, 0.29) is 30.3 Å². The molecule has 1 aromatic carbocycles. The van der Waals surface area contributed by atoms with Gasteiger partial charge in [-0.05, 0) is 43.0 Å². The van der Waals surface area contributed by atoms with Crippen molar-refractivity contribution < 1.29 is 9.59 Å². The lowest BCUT2D eigenvalue weighted by Crippen LogP contribution is -2.45. The van der Waals surface area contributed by atoms with E-state index in [1.165, 1.54) is 0 Å². The maximum absolute atomic E-state index is 13.2. The molecule has 0 spiro atoms. The first-order valence-electron chi connectivity index (χ1n) is 9.80. The highest BCUT2D eigenvalue weighted by molar-refractivity contribution is 6.33. The first kappa shape index (κ1) is 20.5. The Kier molecular flexibility index (Phi) is 6.45. The number of aryl methyl sites for hydroxylation is 1. The second-order valence-electron chi connectivity index (χ2n) is 7.92. The normalized spacial score (nSPS) is 13.6. The average Bonchev–Trinajstić information content (AvgIpc) is 3.40. The number of halogens is 1. The van der Waals surface area contributed by atoms with Crippen molar-refractivity contribution in [1.82, 2.24) is 14.4 Å². The maximum Gasteiger partial charge on any atom is 0.255 e. The minimum absolute atomic E-state index is 0.00949. The predicted molar refractivity (Wildman–Crippen MR) is 111 cm³/mol. The lowest BCUT2D eigenvalue weighted by molar-refractivity contribution is -0.133. The molecular formula is C22H28ClN3O2. The van der Waals surface area contributed by atoms with Crippen molar-refractivity contribution in [3.63, 3.8) is 0 Å². The number of rotatable bonds is 8. The van der Waals surface area contributed by atoms with Crippen LogP contribution in [0.2, 0.25) is 5.02 Å². The number of nitrogens with zero attached hydrogens (tertiary/aromatic N) is 3. The molecule has 0 N–H and O–H groups in total. The zero-order chi connectivity index (χ0) is 20.3. The summed E-state index contributed by atoms with van der Waals surface area (Å²) < 4.78 is 2.03. The Morgan fingerprint density at radius 1 is 1.18 bits per heavy atom. The van der Waals surface area contributed by atoms with E-state index in [1.807, 2.05) is 48.7 Å². The Hall–Kier alpha value is -2.27. The molecule has 0 unspecified atom stereocenters. The SMILES string of the molecule is CC(C)CN(CC(=O)N(Cc1cccn1C)C1CC1)C(=O)c1ccccc1Cl. The average molecular weight is 402 g/mol. The quantitative estimate of drug-likeness (QED) is 0.671. The van der Waals surface area contributed by atoms with E-state index in [0.29, 0.717) is 23.7 Å². The van der Waals surface area contributed by atoms with Gasteiger partial charge in [-0.3, -0.25) is 9.59 Å². The van der Waals surface area contributed by atoms with Crippen LogP contribution in [0.3, 0.4) is 0 Å². The van der Waals surface area contributed by atoms with Crippen molar-refractivity contribution >= 4 is 23.4 Å². The molecule has 1 aliphatic carbocycles. The molecule has 1 aromatic heterocycles. The van der Waals surface area contributed by atoms with E-state index in [9.17, 15) is 9.59 Å². The molecule has 0 atom stereocenters. The molecule has 6 heteroatoms. The molecule has 0 bridgehead atoms. The van der Waals surface area contributed by atoms with Crippen LogP contribution >= 0.6 is 11.6 Å². The Morgan fingerprint density at radius 2 is 1.89 bits per heavy atom. The van der Waals surface area contributed by atoms with E-state index in [4.69, 9.17) is 11.6 Å². The highest BCUT2D eigenvalue weighted by atomic mass is 35.5. The molecule has 0 aliphatic heterocycles. The summed E-state index contributed by atoms with van der Waals surface area (Å²) in [6, 6.07) is 11.3. The minimum Gasteiger partial charge on any atom is -0.353 e. The molecule has 28 heavy (non-hydrogen) atoms. The number of hydrogen-bond donors (Lipinski definition) is 0. The maximum atomic E-state index is 13.2. The summed E-state index contributed by atoms with van der Waals surface area (Å²) in [5.74, 6) is 0.0495. The summed E-state index contributed by atoms with van der Waals surface area (Å²) in [4.78, 5) is 29.8. The van der Waals surface area contributed by atoms with Crippen LogP contribution in [0.1, 0.15) is 42.7 Å². The standard InChI is InChI=1S/C22H28ClN3O2/c1-16(2)13-25(22(28)19-8-4-5-9-20(19)23)15-21(27)26(17-10-11-17)14-18-7-6-12-24(18)3/h4-9,12,16-17H,10-11,13-15H2,1-3H3. The number of aromatic nitrogens is 1. The Bertz CT molecular complexity index is 842. The second kappa shape index (κ2) is 8.82. The van der Waals surface area contributed by atoms with Crippen molar-refractivity contribution in [3.05, 3.63) is 58.9 Å². The first-order chi connectivity index (χ1) is 13.4. The van der Waals surface area contributed by atoms with Gasteiger partial charge in [0.1, 0.15) is 6.54 Å². The van der Waals surface area contributed by atoms with Gasteiger partial charge >= 0.3 is 0 Å². The minimum atomic E-state index is -0.192. The molecule has 0 radical (unpaired) electrons. The third-order valence-corrected chi connectivity index (χ3v) is 5.32. The van der Waals surface area contributed by atoms with Gasteiger partial charge in [-0.1, -0.05) is 37.6 Å². The van der Waals surface area contributed by atoms with Crippen LogP contribution in [0.15, 0.2) is 42.6 Å². The molecule has 1 saturated carbocycles. The van der Waals surface area contributed by atoms with Gasteiger partial charge in [0.25, 0.3) is 5.91 Å². The number of carbonyl (C=O) groups excluding carboxylic acids is 2. The van der Waals surface area contributed by atoms with Gasteiger partial charge in [0, 0.05) is 31.5 Å². The van der Waals surface area contributed by atoms with Gasteiger partial charge < -0.3 is 14.4 Å². The molecule has 1 aliphatic rings. The van der Waals surface area contributed by atoms with Gasteiger partial charge in [0.05, 0.1) is 17.1 Å². The van der Waals surface area contributed by atoms with Gasteiger partial charge in [-0.25, -0.2) is 0 Å². The van der Waals surface area contributed by atoms with E-state index >= 15 is 0 Å². The zero-order valence-corrected chi connectivity index (χ0v) is 17.5. The molecular weight excluding hydrogens is 374 g/mol. The number of amides is 2. The first-order valence-corrected chi connectivity index (χ1v) is 10.2. The fourth-order valence-corrected chi connectivity index (χ4v) is 3.58. The van der Waals surface area contributed by atoms with Gasteiger partial charge in [-0.15, -0.1) is 0 Å². The summed E-state index contributed by atoms with van der Waals surface area (Å²) in [5, 5.41) is 0.413. The fraction of sp³-hybridized carbons (Fsp3) is 0.455. The van der Waals surface area contributed by atoms with Crippen molar-refractivity contribution in [1.29, 1.82) is 0 Å². The largest absolute Gasteiger partial charge is 0.353 e. The van der Waals surface area contributed by atoms with Crippen molar-refractivity contribution in [2.24, 2.45) is 13.0 Å².